The predicted octanol–water partition coefficient (Wildman–Crippen LogP) is 1.70. The van der Waals surface area contributed by atoms with Crippen LogP contribution in [0.25, 0.3) is 0 Å². The Kier molecular flexibility index (Phi) is 4.79. The summed E-state index contributed by atoms with van der Waals surface area (Å²) in [5.41, 5.74) is 3.34. The van der Waals surface area contributed by atoms with E-state index in [2.05, 4.69) is 15.6 Å². The molecule has 9 heteroatoms. The summed E-state index contributed by atoms with van der Waals surface area (Å²) in [6, 6.07) is 5.57. The molecule has 0 radical (unpaired) electrons. The topological polar surface area (TPSA) is 102 Å². The predicted molar refractivity (Wildman–Crippen MR) is 80.5 cm³/mol. The number of nitrogens with zero attached hydrogens (tertiary/aromatic N) is 4. The average Bonchev–Trinajstić information content (AvgIpc) is 2.75. The van der Waals surface area contributed by atoms with Crippen molar-refractivity contribution < 1.29 is 14.1 Å². The molecule has 0 aliphatic heterocycles. The van der Waals surface area contributed by atoms with Gasteiger partial charge in [0.1, 0.15) is 23.7 Å². The highest BCUT2D eigenvalue weighted by Gasteiger charge is 2.22. The third kappa shape index (κ3) is 3.96. The Morgan fingerprint density at radius 1 is 1.43 bits per heavy atom. The third-order valence-corrected chi connectivity index (χ3v) is 3.09. The van der Waals surface area contributed by atoms with Crippen molar-refractivity contribution in [3.63, 3.8) is 0 Å². The van der Waals surface area contributed by atoms with Gasteiger partial charge in [0, 0.05) is 0 Å². The van der Waals surface area contributed by atoms with Crippen LogP contribution in [0.5, 0.6) is 0 Å². The van der Waals surface area contributed by atoms with Gasteiger partial charge in [-0.05, 0) is 31.5 Å². The molecule has 0 saturated carbocycles. The quantitative estimate of drug-likeness (QED) is 0.514. The summed E-state index contributed by atoms with van der Waals surface area (Å²) in [7, 11) is 0. The number of carbonyl (C=O) groups excluding carboxylic acids is 1. The van der Waals surface area contributed by atoms with Crippen LogP contribution >= 0.6 is 0 Å². The number of nitro groups is 1. The summed E-state index contributed by atoms with van der Waals surface area (Å²) in [6.45, 7) is 2.83. The number of hydrogen-bond acceptors (Lipinski definition) is 5. The highest BCUT2D eigenvalue weighted by Crippen LogP contribution is 2.21. The number of aromatic nitrogens is 2. The Morgan fingerprint density at radius 3 is 2.65 bits per heavy atom. The van der Waals surface area contributed by atoms with Crippen LogP contribution < -0.4 is 5.43 Å². The lowest BCUT2D eigenvalue weighted by atomic mass is 10.2. The zero-order valence-corrected chi connectivity index (χ0v) is 12.5. The first-order chi connectivity index (χ1) is 10.9. The molecule has 0 unspecified atom stereocenters. The van der Waals surface area contributed by atoms with E-state index in [1.165, 1.54) is 49.0 Å². The summed E-state index contributed by atoms with van der Waals surface area (Å²) in [5.74, 6) is -0.846. The van der Waals surface area contributed by atoms with Gasteiger partial charge < -0.3 is 0 Å². The summed E-state index contributed by atoms with van der Waals surface area (Å²) >= 11 is 0. The van der Waals surface area contributed by atoms with Crippen molar-refractivity contribution in [2.24, 2.45) is 5.10 Å². The van der Waals surface area contributed by atoms with Crippen LogP contribution in [0.1, 0.15) is 17.0 Å². The van der Waals surface area contributed by atoms with Gasteiger partial charge in [0.2, 0.25) is 0 Å². The Hall–Kier alpha value is -3.10. The van der Waals surface area contributed by atoms with Gasteiger partial charge in [-0.2, -0.15) is 10.2 Å². The lowest BCUT2D eigenvalue weighted by Crippen LogP contribution is -2.24. The number of benzene rings is 1. The number of rotatable bonds is 5. The Balaban J connectivity index is 1.99. The Bertz CT molecular complexity index is 767. The van der Waals surface area contributed by atoms with Crippen molar-refractivity contribution in [3.05, 3.63) is 57.1 Å². The molecule has 1 aromatic heterocycles. The number of amides is 1. The van der Waals surface area contributed by atoms with Gasteiger partial charge in [0.25, 0.3) is 5.91 Å². The fourth-order valence-corrected chi connectivity index (χ4v) is 2.00. The first kappa shape index (κ1) is 16.3. The third-order valence-electron chi connectivity index (χ3n) is 3.09. The highest BCUT2D eigenvalue weighted by atomic mass is 19.1. The van der Waals surface area contributed by atoms with E-state index < -0.39 is 10.8 Å². The van der Waals surface area contributed by atoms with Crippen LogP contribution in [0.15, 0.2) is 29.4 Å². The van der Waals surface area contributed by atoms with E-state index in [1.54, 1.807) is 0 Å². The van der Waals surface area contributed by atoms with Crippen molar-refractivity contribution in [1.29, 1.82) is 0 Å². The molecule has 0 aliphatic carbocycles. The van der Waals surface area contributed by atoms with Crippen LogP contribution in [0, 0.1) is 29.8 Å². The van der Waals surface area contributed by atoms with Gasteiger partial charge in [-0.15, -0.1) is 0 Å². The molecule has 1 heterocycles. The number of carbonyl (C=O) groups is 1. The SMILES string of the molecule is Cc1nn(CC(=O)N/N=C\c2ccc(F)cc2)c(C)c1[N+](=O)[O-]. The van der Waals surface area contributed by atoms with Crippen LogP contribution in [0.4, 0.5) is 10.1 Å². The molecular formula is C14H14FN5O3. The molecule has 1 aromatic carbocycles. The van der Waals surface area contributed by atoms with Crippen molar-refractivity contribution in [2.45, 2.75) is 20.4 Å². The first-order valence-corrected chi connectivity index (χ1v) is 6.64. The minimum Gasteiger partial charge on any atom is -0.271 e. The molecule has 1 N–H and O–H groups in total. The lowest BCUT2D eigenvalue weighted by molar-refractivity contribution is -0.386. The summed E-state index contributed by atoms with van der Waals surface area (Å²) in [4.78, 5) is 22.2. The maximum Gasteiger partial charge on any atom is 0.312 e. The fraction of sp³-hybridized carbons (Fsp3) is 0.214. The second-order valence-electron chi connectivity index (χ2n) is 4.78. The molecule has 0 saturated heterocycles. The zero-order valence-electron chi connectivity index (χ0n) is 12.5. The minimum absolute atomic E-state index is 0.104. The van der Waals surface area contributed by atoms with E-state index in [-0.39, 0.29) is 23.7 Å². The maximum atomic E-state index is 12.7. The van der Waals surface area contributed by atoms with Gasteiger partial charge in [0.05, 0.1) is 11.1 Å². The van der Waals surface area contributed by atoms with Gasteiger partial charge in [-0.3, -0.25) is 19.6 Å². The lowest BCUT2D eigenvalue weighted by Gasteiger charge is -2.02. The zero-order chi connectivity index (χ0) is 17.0. The van der Waals surface area contributed by atoms with Gasteiger partial charge >= 0.3 is 5.69 Å². The summed E-state index contributed by atoms with van der Waals surface area (Å²) in [6.07, 6.45) is 1.36. The number of hydrazone groups is 1. The second kappa shape index (κ2) is 6.77. The standard InChI is InChI=1S/C14H14FN5O3/c1-9-14(20(22)23)10(2)19(18-9)8-13(21)17-16-7-11-3-5-12(15)6-4-11/h3-7H,8H2,1-2H3,(H,17,21)/b16-7-. The smallest absolute Gasteiger partial charge is 0.271 e. The molecule has 2 rings (SSSR count). The van der Waals surface area contributed by atoms with Gasteiger partial charge in [0.15, 0.2) is 0 Å². The molecule has 120 valence electrons. The number of aryl methyl sites for hydroxylation is 1. The maximum absolute atomic E-state index is 12.7. The Labute approximate surface area is 130 Å². The van der Waals surface area contributed by atoms with Crippen molar-refractivity contribution >= 4 is 17.8 Å². The number of hydrogen-bond donors (Lipinski definition) is 1. The molecule has 0 spiro atoms. The Morgan fingerprint density at radius 2 is 2.09 bits per heavy atom. The molecular weight excluding hydrogens is 305 g/mol. The van der Waals surface area contributed by atoms with Gasteiger partial charge in [-0.25, -0.2) is 9.82 Å². The van der Waals surface area contributed by atoms with E-state index in [4.69, 9.17) is 0 Å². The molecule has 0 atom stereocenters. The second-order valence-corrected chi connectivity index (χ2v) is 4.78. The fourth-order valence-electron chi connectivity index (χ4n) is 2.00. The molecule has 8 nitrogen and oxygen atoms in total. The highest BCUT2D eigenvalue weighted by molar-refractivity contribution is 5.82. The largest absolute Gasteiger partial charge is 0.312 e. The average molecular weight is 319 g/mol. The van der Waals surface area contributed by atoms with Crippen LogP contribution in [0.3, 0.4) is 0 Å². The molecule has 1 amide bonds. The molecule has 23 heavy (non-hydrogen) atoms. The van der Waals surface area contributed by atoms with Gasteiger partial charge in [-0.1, -0.05) is 12.1 Å². The molecule has 0 bridgehead atoms. The normalized spacial score (nSPS) is 10.9. The summed E-state index contributed by atoms with van der Waals surface area (Å²) in [5, 5.41) is 18.6. The van der Waals surface area contributed by atoms with E-state index in [0.717, 1.165) is 0 Å². The minimum atomic E-state index is -0.529. The van der Waals surface area contributed by atoms with Crippen LogP contribution in [-0.4, -0.2) is 26.8 Å². The summed E-state index contributed by atoms with van der Waals surface area (Å²) < 4.78 is 14.0. The van der Waals surface area contributed by atoms with Crippen LogP contribution in [0.2, 0.25) is 0 Å². The van der Waals surface area contributed by atoms with E-state index in [1.807, 2.05) is 0 Å². The number of nitrogens with one attached hydrogen (secondary N) is 1. The van der Waals surface area contributed by atoms with Crippen molar-refractivity contribution in [2.75, 3.05) is 0 Å². The van der Waals surface area contributed by atoms with E-state index in [0.29, 0.717) is 11.3 Å². The van der Waals surface area contributed by atoms with Crippen LogP contribution in [-0.2, 0) is 11.3 Å². The first-order valence-electron chi connectivity index (χ1n) is 6.64. The molecule has 2 aromatic rings. The van der Waals surface area contributed by atoms with E-state index >= 15 is 0 Å². The van der Waals surface area contributed by atoms with Crippen molar-refractivity contribution in [3.8, 4) is 0 Å². The molecule has 0 aliphatic rings. The van der Waals surface area contributed by atoms with E-state index in [9.17, 15) is 19.3 Å². The number of halogens is 1. The van der Waals surface area contributed by atoms with Crippen molar-refractivity contribution in [1.82, 2.24) is 15.2 Å². The molecule has 0 fully saturated rings. The monoisotopic (exact) mass is 319 g/mol.